The van der Waals surface area contributed by atoms with Gasteiger partial charge in [0.15, 0.2) is 0 Å². The van der Waals surface area contributed by atoms with Crippen LogP contribution in [0.2, 0.25) is 0 Å². The zero-order chi connectivity index (χ0) is 24.5. The van der Waals surface area contributed by atoms with Crippen molar-refractivity contribution in [2.75, 3.05) is 46.9 Å². The number of nitrogens with zero attached hydrogens (tertiary/aromatic N) is 2. The summed E-state index contributed by atoms with van der Waals surface area (Å²) in [6.45, 7) is 11.2. The maximum Gasteiger partial charge on any atom is 0.116 e. The first-order valence-corrected chi connectivity index (χ1v) is 13.8. The van der Waals surface area contributed by atoms with Crippen LogP contribution in [-0.4, -0.2) is 99.4 Å². The molecule has 34 heavy (non-hydrogen) atoms. The average Bonchev–Trinajstić information content (AvgIpc) is 2.86. The average molecular weight is 482 g/mol. The molecule has 3 aliphatic heterocycles. The van der Waals surface area contributed by atoms with Gasteiger partial charge >= 0.3 is 0 Å². The highest BCUT2D eigenvalue weighted by atomic mass is 16.5. The topological polar surface area (TPSA) is 104 Å². The molecule has 2 fully saturated rings. The first-order chi connectivity index (χ1) is 16.5. The Balaban J connectivity index is 1.77. The van der Waals surface area contributed by atoms with Gasteiger partial charge in [0, 0.05) is 25.2 Å². The lowest BCUT2D eigenvalue weighted by Crippen LogP contribution is -2.84. The Morgan fingerprint density at radius 2 is 1.97 bits per heavy atom. The number of likely N-dealkylation sites (tertiary alicyclic amines) is 1. The molecule has 3 aliphatic rings. The molecule has 6 atom stereocenters. The third kappa shape index (κ3) is 7.53. The summed E-state index contributed by atoms with van der Waals surface area (Å²) >= 11 is 0. The fourth-order valence-corrected chi connectivity index (χ4v) is 5.52. The van der Waals surface area contributed by atoms with Crippen molar-refractivity contribution in [1.29, 1.82) is 0 Å². The minimum atomic E-state index is 0.0803. The smallest absolute Gasteiger partial charge is 0.116 e. The van der Waals surface area contributed by atoms with Crippen molar-refractivity contribution in [3.05, 3.63) is 11.9 Å². The molecule has 9 heteroatoms. The van der Waals surface area contributed by atoms with Crippen LogP contribution >= 0.6 is 0 Å². The number of allylic oxidation sites excluding steroid dienone is 1. The highest BCUT2D eigenvalue weighted by Gasteiger charge is 2.43. The van der Waals surface area contributed by atoms with E-state index in [1.165, 1.54) is 19.3 Å². The van der Waals surface area contributed by atoms with E-state index >= 15 is 0 Å². The van der Waals surface area contributed by atoms with E-state index < -0.39 is 0 Å². The zero-order valence-corrected chi connectivity index (χ0v) is 22.4. The second-order valence-electron chi connectivity index (χ2n) is 10.4. The number of piperidine rings is 1. The highest BCUT2D eigenvalue weighted by molar-refractivity contribution is 5.09. The van der Waals surface area contributed by atoms with Crippen LogP contribution in [0.1, 0.15) is 59.3 Å². The summed E-state index contributed by atoms with van der Waals surface area (Å²) in [5, 5.41) is 19.2. The summed E-state index contributed by atoms with van der Waals surface area (Å²) in [5.41, 5.74) is 4.55. The van der Waals surface area contributed by atoms with E-state index in [1.807, 2.05) is 0 Å². The SMILES string of the molecule is CCOCCNC1C(NC2=CCCC(CC)N2)NC(N(C)C2CCN(C)CC2)NC1C([NH3+])CC. The fourth-order valence-electron chi connectivity index (χ4n) is 5.52. The van der Waals surface area contributed by atoms with Crippen molar-refractivity contribution in [2.45, 2.75) is 102 Å². The van der Waals surface area contributed by atoms with E-state index in [-0.39, 0.29) is 24.5 Å². The Kier molecular flexibility index (Phi) is 11.4. The number of hydrogen-bond donors (Lipinski definition) is 6. The zero-order valence-electron chi connectivity index (χ0n) is 22.4. The van der Waals surface area contributed by atoms with Gasteiger partial charge in [-0.25, -0.2) is 0 Å². The van der Waals surface area contributed by atoms with Gasteiger partial charge in [0.1, 0.15) is 12.3 Å². The van der Waals surface area contributed by atoms with Crippen LogP contribution in [0.15, 0.2) is 11.9 Å². The Morgan fingerprint density at radius 1 is 1.21 bits per heavy atom. The normalized spacial score (nSPS) is 32.3. The molecule has 6 unspecified atom stereocenters. The van der Waals surface area contributed by atoms with Crippen LogP contribution in [0.25, 0.3) is 0 Å². The lowest BCUT2D eigenvalue weighted by molar-refractivity contribution is -0.430. The first-order valence-electron chi connectivity index (χ1n) is 13.8. The van der Waals surface area contributed by atoms with Crippen molar-refractivity contribution in [2.24, 2.45) is 0 Å². The molecular formula is C25H53N8O+. The largest absolute Gasteiger partial charge is 0.380 e. The van der Waals surface area contributed by atoms with E-state index in [9.17, 15) is 0 Å². The van der Waals surface area contributed by atoms with Gasteiger partial charge in [0.2, 0.25) is 0 Å². The Bertz CT molecular complexity index is 612. The number of quaternary nitrogens is 1. The molecule has 0 radical (unpaired) electrons. The van der Waals surface area contributed by atoms with E-state index in [0.717, 1.165) is 57.9 Å². The Hall–Kier alpha value is -0.940. The van der Waals surface area contributed by atoms with Gasteiger partial charge in [0.05, 0.1) is 30.7 Å². The molecule has 0 bridgehead atoms. The fraction of sp³-hybridized carbons (Fsp3) is 0.920. The van der Waals surface area contributed by atoms with Gasteiger partial charge in [-0.05, 0) is 78.7 Å². The molecule has 0 saturated carbocycles. The maximum absolute atomic E-state index is 5.63. The predicted octanol–water partition coefficient (Wildman–Crippen LogP) is -0.208. The number of nitrogens with one attached hydrogen (secondary N) is 5. The van der Waals surface area contributed by atoms with Gasteiger partial charge in [-0.3, -0.25) is 15.5 Å². The molecule has 198 valence electrons. The van der Waals surface area contributed by atoms with Crippen LogP contribution in [-0.2, 0) is 4.74 Å². The molecular weight excluding hydrogens is 428 g/mol. The first kappa shape index (κ1) is 27.6. The molecule has 0 aromatic carbocycles. The molecule has 2 saturated heterocycles. The van der Waals surface area contributed by atoms with Crippen molar-refractivity contribution in [1.82, 2.24) is 36.4 Å². The lowest BCUT2D eigenvalue weighted by atomic mass is 9.93. The van der Waals surface area contributed by atoms with Gasteiger partial charge in [-0.15, -0.1) is 0 Å². The molecule has 0 aromatic heterocycles. The third-order valence-electron chi connectivity index (χ3n) is 7.99. The standard InChI is InChI=1S/C25H52N8O/c1-6-18-10-9-11-21(28-18)29-24-23(27-14-17-34-8-3)22(20(26)7-2)30-25(31-24)33(5)19-12-15-32(4)16-13-19/h11,18-20,22-25,27-31H,6-10,12-17,26H2,1-5H3/p+1. The van der Waals surface area contributed by atoms with Gasteiger partial charge in [-0.2, -0.15) is 0 Å². The minimum absolute atomic E-state index is 0.0803. The van der Waals surface area contributed by atoms with E-state index in [0.29, 0.717) is 18.1 Å². The molecule has 3 rings (SSSR count). The number of rotatable bonds is 12. The van der Waals surface area contributed by atoms with E-state index in [1.54, 1.807) is 0 Å². The summed E-state index contributed by atoms with van der Waals surface area (Å²) in [5.74, 6) is 1.16. The summed E-state index contributed by atoms with van der Waals surface area (Å²) < 4.78 is 5.63. The Labute approximate surface area is 208 Å². The van der Waals surface area contributed by atoms with E-state index in [4.69, 9.17) is 4.74 Å². The molecule has 0 aromatic rings. The molecule has 3 heterocycles. The molecule has 0 aliphatic carbocycles. The van der Waals surface area contributed by atoms with Crippen LogP contribution in [0.5, 0.6) is 0 Å². The van der Waals surface area contributed by atoms with Crippen LogP contribution in [0.4, 0.5) is 0 Å². The van der Waals surface area contributed by atoms with Crippen LogP contribution < -0.4 is 32.3 Å². The van der Waals surface area contributed by atoms with Crippen molar-refractivity contribution < 1.29 is 10.5 Å². The van der Waals surface area contributed by atoms with Crippen molar-refractivity contribution in [3.63, 3.8) is 0 Å². The minimum Gasteiger partial charge on any atom is -0.380 e. The molecule has 8 N–H and O–H groups in total. The summed E-state index contributed by atoms with van der Waals surface area (Å²) in [6.07, 6.45) is 9.43. The van der Waals surface area contributed by atoms with Crippen molar-refractivity contribution in [3.8, 4) is 0 Å². The van der Waals surface area contributed by atoms with Gasteiger partial charge < -0.3 is 31.3 Å². The Morgan fingerprint density at radius 3 is 2.65 bits per heavy atom. The summed E-state index contributed by atoms with van der Waals surface area (Å²) in [6, 6.07) is 1.86. The number of hydrogen-bond acceptors (Lipinski definition) is 8. The van der Waals surface area contributed by atoms with E-state index in [2.05, 4.69) is 83.1 Å². The molecule has 0 amide bonds. The summed E-state index contributed by atoms with van der Waals surface area (Å²) in [4.78, 5) is 4.96. The second-order valence-corrected chi connectivity index (χ2v) is 10.4. The van der Waals surface area contributed by atoms with Crippen molar-refractivity contribution >= 4 is 0 Å². The monoisotopic (exact) mass is 481 g/mol. The quantitative estimate of drug-likeness (QED) is 0.213. The molecule has 0 spiro atoms. The third-order valence-corrected chi connectivity index (χ3v) is 7.99. The van der Waals surface area contributed by atoms with Gasteiger partial charge in [-0.1, -0.05) is 13.8 Å². The summed E-state index contributed by atoms with van der Waals surface area (Å²) in [7, 11) is 4.50. The lowest BCUT2D eigenvalue weighted by Gasteiger charge is -2.50. The predicted molar refractivity (Wildman–Crippen MR) is 139 cm³/mol. The van der Waals surface area contributed by atoms with Crippen LogP contribution in [0.3, 0.4) is 0 Å². The van der Waals surface area contributed by atoms with Crippen LogP contribution in [0, 0.1) is 0 Å². The number of ether oxygens (including phenoxy) is 1. The molecule has 9 nitrogen and oxygen atoms in total. The second kappa shape index (κ2) is 14.0. The van der Waals surface area contributed by atoms with Gasteiger partial charge in [0.25, 0.3) is 0 Å². The highest BCUT2D eigenvalue weighted by Crippen LogP contribution is 2.20. The maximum atomic E-state index is 5.63.